The lowest BCUT2D eigenvalue weighted by Gasteiger charge is -2.33. The van der Waals surface area contributed by atoms with Crippen molar-refractivity contribution in [2.75, 3.05) is 70.0 Å². The fraction of sp³-hybridized carbons (Fsp3) is 0.440. The summed E-state index contributed by atoms with van der Waals surface area (Å²) in [6.07, 6.45) is 2.64. The summed E-state index contributed by atoms with van der Waals surface area (Å²) in [7, 11) is 7.41. The van der Waals surface area contributed by atoms with Crippen LogP contribution in [0.15, 0.2) is 36.8 Å². The molecule has 3 heterocycles. The Hall–Kier alpha value is -3.84. The predicted molar refractivity (Wildman–Crippen MR) is 143 cm³/mol. The number of hydrazine groups is 1. The molecule has 13 heteroatoms. The summed E-state index contributed by atoms with van der Waals surface area (Å²) in [5.74, 6) is -2.55. The minimum Gasteiger partial charge on any atom is -0.494 e. The number of benzene rings is 1. The number of carbonyl (C=O) groups is 1. The number of alkyl halides is 2. The number of likely N-dealkylation sites (N-methyl/N-ethyl adjacent to an activating group) is 2. The molecule has 0 spiro atoms. The van der Waals surface area contributed by atoms with E-state index in [1.165, 1.54) is 24.5 Å². The van der Waals surface area contributed by atoms with Crippen LogP contribution in [0.5, 0.6) is 5.75 Å². The van der Waals surface area contributed by atoms with Gasteiger partial charge in [-0.15, -0.1) is 0 Å². The first-order valence-electron chi connectivity index (χ1n) is 12.2. The lowest BCUT2D eigenvalue weighted by Crippen LogP contribution is -2.43. The molecular formula is C25H33F2N9O2. The van der Waals surface area contributed by atoms with Crippen molar-refractivity contribution >= 4 is 34.5 Å². The molecule has 2 aromatic rings. The largest absolute Gasteiger partial charge is 0.494 e. The van der Waals surface area contributed by atoms with Crippen LogP contribution in [0, 0.1) is 0 Å². The summed E-state index contributed by atoms with van der Waals surface area (Å²) < 4.78 is 35.1. The fourth-order valence-electron chi connectivity index (χ4n) is 4.40. The van der Waals surface area contributed by atoms with Crippen molar-refractivity contribution < 1.29 is 18.3 Å². The molecule has 2 aliphatic rings. The monoisotopic (exact) mass is 529 g/mol. The molecule has 11 nitrogen and oxygen atoms in total. The fourth-order valence-corrected chi connectivity index (χ4v) is 4.40. The third kappa shape index (κ3) is 5.83. The van der Waals surface area contributed by atoms with E-state index in [-0.39, 0.29) is 36.3 Å². The summed E-state index contributed by atoms with van der Waals surface area (Å²) in [6, 6.07) is 3.51. The first kappa shape index (κ1) is 27.2. The summed E-state index contributed by atoms with van der Waals surface area (Å²) in [4.78, 5) is 29.0. The van der Waals surface area contributed by atoms with E-state index in [1.54, 1.807) is 12.1 Å². The van der Waals surface area contributed by atoms with Gasteiger partial charge in [-0.3, -0.25) is 4.79 Å². The van der Waals surface area contributed by atoms with Gasteiger partial charge in [0.25, 0.3) is 5.92 Å². The maximum Gasteiger partial charge on any atom is 0.289 e. The number of allylic oxidation sites excluding steroid dienone is 1. The Morgan fingerprint density at radius 3 is 2.76 bits per heavy atom. The molecule has 0 atom stereocenters. The maximum atomic E-state index is 14.7. The zero-order chi connectivity index (χ0) is 27.4. The van der Waals surface area contributed by atoms with Crippen LogP contribution in [0.2, 0.25) is 0 Å². The van der Waals surface area contributed by atoms with Gasteiger partial charge in [-0.2, -0.15) is 13.8 Å². The van der Waals surface area contributed by atoms with Gasteiger partial charge in [0, 0.05) is 51.3 Å². The van der Waals surface area contributed by atoms with Crippen LogP contribution < -0.4 is 25.7 Å². The Balaban J connectivity index is 1.68. The number of hydrogen-bond acceptors (Lipinski definition) is 10. The van der Waals surface area contributed by atoms with Crippen molar-refractivity contribution in [3.05, 3.63) is 42.6 Å². The first-order valence-corrected chi connectivity index (χ1v) is 12.2. The number of ether oxygens (including phenoxy) is 1. The highest BCUT2D eigenvalue weighted by atomic mass is 19.3. The van der Waals surface area contributed by atoms with Crippen molar-refractivity contribution in [1.82, 2.24) is 30.3 Å². The Labute approximate surface area is 220 Å². The SMILES string of the molecule is C=CC(=O)Nc1cc(Nc2ncnc(C3=C4N(CCCC4(F)F)NC3)n2)c(OC)cc1N(C)CCN(C)C. The zero-order valence-corrected chi connectivity index (χ0v) is 22.0. The Morgan fingerprint density at radius 1 is 1.26 bits per heavy atom. The summed E-state index contributed by atoms with van der Waals surface area (Å²) in [5.41, 5.74) is 4.99. The molecule has 3 N–H and O–H groups in total. The van der Waals surface area contributed by atoms with Gasteiger partial charge in [0.15, 0.2) is 5.82 Å². The summed E-state index contributed by atoms with van der Waals surface area (Å²) in [5, 5.41) is 7.41. The van der Waals surface area contributed by atoms with Crippen LogP contribution in [-0.4, -0.2) is 91.1 Å². The average molecular weight is 530 g/mol. The third-order valence-electron chi connectivity index (χ3n) is 6.36. The highest BCUT2D eigenvalue weighted by Gasteiger charge is 2.46. The topological polar surface area (TPSA) is 111 Å². The standard InChI is InChI=1S/C25H33F2N9O2/c1-6-21(37)31-17-12-18(20(38-5)13-19(17)35(4)11-10-34(2)3)32-24-29-15-28-23(33-24)16-14-30-36-9-7-8-25(26,27)22(16)36/h6,12-13,15,30H,1,7-11,14H2,2-5H3,(H,31,37)(H,28,29,32,33). The van der Waals surface area contributed by atoms with E-state index in [4.69, 9.17) is 4.74 Å². The first-order chi connectivity index (χ1) is 18.1. The van der Waals surface area contributed by atoms with Crippen molar-refractivity contribution in [3.8, 4) is 5.75 Å². The summed E-state index contributed by atoms with van der Waals surface area (Å²) >= 11 is 0. The highest BCUT2D eigenvalue weighted by molar-refractivity contribution is 6.02. The van der Waals surface area contributed by atoms with Gasteiger partial charge >= 0.3 is 0 Å². The molecular weight excluding hydrogens is 496 g/mol. The van der Waals surface area contributed by atoms with E-state index in [0.717, 1.165) is 12.2 Å². The molecule has 1 saturated heterocycles. The van der Waals surface area contributed by atoms with Crippen molar-refractivity contribution in [2.45, 2.75) is 18.8 Å². The van der Waals surface area contributed by atoms with E-state index in [9.17, 15) is 13.6 Å². The van der Waals surface area contributed by atoms with Crippen molar-refractivity contribution in [3.63, 3.8) is 0 Å². The van der Waals surface area contributed by atoms with Crippen LogP contribution >= 0.6 is 0 Å². The van der Waals surface area contributed by atoms with Crippen LogP contribution in [-0.2, 0) is 4.79 Å². The Morgan fingerprint density at radius 2 is 2.05 bits per heavy atom. The second kappa shape index (κ2) is 11.3. The third-order valence-corrected chi connectivity index (χ3v) is 6.36. The molecule has 204 valence electrons. The molecule has 2 aliphatic heterocycles. The van der Waals surface area contributed by atoms with Crippen molar-refractivity contribution in [2.24, 2.45) is 0 Å². The van der Waals surface area contributed by atoms with Crippen LogP contribution in [0.3, 0.4) is 0 Å². The predicted octanol–water partition coefficient (Wildman–Crippen LogP) is 2.71. The Kier molecular flexibility index (Phi) is 8.07. The van der Waals surface area contributed by atoms with Gasteiger partial charge in [-0.05, 0) is 32.7 Å². The quantitative estimate of drug-likeness (QED) is 0.398. The number of fused-ring (bicyclic) bond motifs is 1. The van der Waals surface area contributed by atoms with E-state index in [0.29, 0.717) is 42.2 Å². The number of nitrogens with one attached hydrogen (secondary N) is 3. The minimum absolute atomic E-state index is 0.0852. The number of hydrogen-bond donors (Lipinski definition) is 3. The molecule has 4 rings (SSSR count). The van der Waals surface area contributed by atoms with Gasteiger partial charge in [0.05, 0.1) is 24.2 Å². The second-order valence-corrected chi connectivity index (χ2v) is 9.37. The number of piperidine rings is 1. The number of carbonyl (C=O) groups excluding carboxylic acids is 1. The lowest BCUT2D eigenvalue weighted by atomic mass is 10.0. The van der Waals surface area contributed by atoms with Crippen LogP contribution in [0.25, 0.3) is 5.57 Å². The van der Waals surface area contributed by atoms with Gasteiger partial charge < -0.3 is 30.2 Å². The number of aromatic nitrogens is 3. The van der Waals surface area contributed by atoms with Gasteiger partial charge in [0.2, 0.25) is 11.9 Å². The number of methoxy groups -OCH3 is 1. The normalized spacial score (nSPS) is 16.3. The number of halogens is 2. The number of anilines is 4. The van der Waals surface area contributed by atoms with Crippen molar-refractivity contribution in [1.29, 1.82) is 0 Å². The average Bonchev–Trinajstić information content (AvgIpc) is 3.33. The van der Waals surface area contributed by atoms with Crippen LogP contribution in [0.1, 0.15) is 18.7 Å². The van der Waals surface area contributed by atoms with E-state index >= 15 is 0 Å². The molecule has 1 aromatic heterocycles. The van der Waals surface area contributed by atoms with Gasteiger partial charge in [0.1, 0.15) is 17.8 Å². The van der Waals surface area contributed by atoms with E-state index in [1.807, 2.05) is 26.0 Å². The van der Waals surface area contributed by atoms with Crippen LogP contribution in [0.4, 0.5) is 31.8 Å². The number of amides is 1. The van der Waals surface area contributed by atoms with E-state index < -0.39 is 5.92 Å². The molecule has 38 heavy (non-hydrogen) atoms. The molecule has 0 bridgehead atoms. The second-order valence-electron chi connectivity index (χ2n) is 9.37. The minimum atomic E-state index is -2.97. The van der Waals surface area contributed by atoms with Gasteiger partial charge in [-0.1, -0.05) is 6.58 Å². The molecule has 1 amide bonds. The number of nitrogens with zero attached hydrogens (tertiary/aromatic N) is 6. The highest BCUT2D eigenvalue weighted by Crippen LogP contribution is 2.42. The molecule has 1 fully saturated rings. The lowest BCUT2D eigenvalue weighted by molar-refractivity contribution is -0.111. The molecule has 0 saturated carbocycles. The van der Waals surface area contributed by atoms with Gasteiger partial charge in [-0.25, -0.2) is 15.4 Å². The molecule has 1 aromatic carbocycles. The van der Waals surface area contributed by atoms with E-state index in [2.05, 4.69) is 42.5 Å². The smallest absolute Gasteiger partial charge is 0.289 e. The molecule has 0 radical (unpaired) electrons. The molecule has 0 unspecified atom stereocenters. The summed E-state index contributed by atoms with van der Waals surface area (Å²) in [6.45, 7) is 5.72. The maximum absolute atomic E-state index is 14.7. The molecule has 0 aliphatic carbocycles. The zero-order valence-electron chi connectivity index (χ0n) is 22.0. The number of rotatable bonds is 10. The Bertz CT molecular complexity index is 1240.